The Kier molecular flexibility index (Phi) is 6.37. The van der Waals surface area contributed by atoms with Crippen LogP contribution in [0.15, 0.2) is 54.2 Å². The van der Waals surface area contributed by atoms with Gasteiger partial charge in [0.05, 0.1) is 11.4 Å². The van der Waals surface area contributed by atoms with E-state index in [0.29, 0.717) is 24.0 Å². The number of nitrogens with one attached hydrogen (secondary N) is 1. The molecule has 0 aliphatic carbocycles. The molecule has 0 atom stereocenters. The van der Waals surface area contributed by atoms with Crippen molar-refractivity contribution in [2.24, 2.45) is 0 Å². The number of thiophene rings is 1. The Morgan fingerprint density at radius 1 is 1.06 bits per heavy atom. The molecule has 0 aliphatic rings. The standard InChI is InChI=1S/C25H26N4O2S/c1-16-9-18(3)23(19(4)10-16)31-13-20-11-22(32-14-20)24(30)27-25-26-15-29(28-25)12-21-8-6-5-7-17(21)2/h5-11,14-15H,12-13H2,1-4H3,(H,27,28,30). The fraction of sp³-hybridized carbons (Fsp3) is 0.240. The molecule has 0 saturated heterocycles. The number of aromatic nitrogens is 3. The maximum absolute atomic E-state index is 12.6. The van der Waals surface area contributed by atoms with Crippen molar-refractivity contribution >= 4 is 23.2 Å². The second kappa shape index (κ2) is 9.36. The fourth-order valence-corrected chi connectivity index (χ4v) is 4.47. The lowest BCUT2D eigenvalue weighted by Crippen LogP contribution is -2.12. The van der Waals surface area contributed by atoms with Crippen molar-refractivity contribution in [3.05, 3.63) is 92.4 Å². The Morgan fingerprint density at radius 2 is 1.81 bits per heavy atom. The van der Waals surface area contributed by atoms with Gasteiger partial charge in [-0.05, 0) is 61.4 Å². The number of benzene rings is 2. The highest BCUT2D eigenvalue weighted by Crippen LogP contribution is 2.26. The molecule has 6 nitrogen and oxygen atoms in total. The van der Waals surface area contributed by atoms with Crippen molar-refractivity contribution in [1.29, 1.82) is 0 Å². The highest BCUT2D eigenvalue weighted by molar-refractivity contribution is 7.12. The summed E-state index contributed by atoms with van der Waals surface area (Å²) in [5.74, 6) is 0.967. The first kappa shape index (κ1) is 21.8. The zero-order valence-corrected chi connectivity index (χ0v) is 19.5. The largest absolute Gasteiger partial charge is 0.488 e. The van der Waals surface area contributed by atoms with Crippen molar-refractivity contribution in [2.45, 2.75) is 40.8 Å². The number of carbonyl (C=O) groups is 1. The second-order valence-electron chi connectivity index (χ2n) is 7.98. The van der Waals surface area contributed by atoms with Gasteiger partial charge < -0.3 is 4.74 Å². The molecule has 2 aromatic heterocycles. The van der Waals surface area contributed by atoms with E-state index in [1.165, 1.54) is 22.5 Å². The summed E-state index contributed by atoms with van der Waals surface area (Å²) in [5.41, 5.74) is 6.76. The van der Waals surface area contributed by atoms with Gasteiger partial charge in [0.2, 0.25) is 5.95 Å². The van der Waals surface area contributed by atoms with Crippen LogP contribution in [0.1, 0.15) is 43.1 Å². The van der Waals surface area contributed by atoms with Crippen LogP contribution in [-0.4, -0.2) is 20.7 Å². The number of aryl methyl sites for hydroxylation is 4. The van der Waals surface area contributed by atoms with Crippen LogP contribution in [0.5, 0.6) is 5.75 Å². The van der Waals surface area contributed by atoms with Gasteiger partial charge in [-0.2, -0.15) is 0 Å². The number of anilines is 1. The Balaban J connectivity index is 1.36. The fourth-order valence-electron chi connectivity index (χ4n) is 3.67. The molecular formula is C25H26N4O2S. The van der Waals surface area contributed by atoms with Gasteiger partial charge in [0.1, 0.15) is 18.7 Å². The van der Waals surface area contributed by atoms with Gasteiger partial charge in [0.25, 0.3) is 5.91 Å². The van der Waals surface area contributed by atoms with E-state index in [1.807, 2.05) is 37.4 Å². The predicted molar refractivity (Wildman–Crippen MR) is 128 cm³/mol. The van der Waals surface area contributed by atoms with Crippen molar-refractivity contribution in [3.63, 3.8) is 0 Å². The first-order valence-corrected chi connectivity index (χ1v) is 11.3. The Labute approximate surface area is 191 Å². The number of amides is 1. The van der Waals surface area contributed by atoms with Crippen molar-refractivity contribution in [3.8, 4) is 5.75 Å². The summed E-state index contributed by atoms with van der Waals surface area (Å²) in [6, 6.07) is 14.2. The molecule has 1 amide bonds. The maximum atomic E-state index is 12.6. The molecule has 0 bridgehead atoms. The lowest BCUT2D eigenvalue weighted by Gasteiger charge is -2.12. The zero-order chi connectivity index (χ0) is 22.7. The third-order valence-electron chi connectivity index (χ3n) is 5.22. The molecule has 0 aliphatic heterocycles. The first-order valence-electron chi connectivity index (χ1n) is 10.4. The maximum Gasteiger partial charge on any atom is 0.268 e. The molecule has 7 heteroatoms. The van der Waals surface area contributed by atoms with Gasteiger partial charge in [0.15, 0.2) is 0 Å². The topological polar surface area (TPSA) is 69.0 Å². The van der Waals surface area contributed by atoms with E-state index in [-0.39, 0.29) is 5.91 Å². The van der Waals surface area contributed by atoms with Crippen LogP contribution >= 0.6 is 11.3 Å². The van der Waals surface area contributed by atoms with Crippen LogP contribution < -0.4 is 10.1 Å². The van der Waals surface area contributed by atoms with Crippen LogP contribution in [0.3, 0.4) is 0 Å². The van der Waals surface area contributed by atoms with E-state index in [1.54, 1.807) is 11.0 Å². The van der Waals surface area contributed by atoms with E-state index in [9.17, 15) is 4.79 Å². The van der Waals surface area contributed by atoms with Gasteiger partial charge >= 0.3 is 0 Å². The number of hydrogen-bond donors (Lipinski definition) is 1. The number of rotatable bonds is 7. The average Bonchev–Trinajstić information content (AvgIpc) is 3.38. The molecule has 0 fully saturated rings. The molecule has 0 radical (unpaired) electrons. The highest BCUT2D eigenvalue weighted by atomic mass is 32.1. The molecule has 0 unspecified atom stereocenters. The summed E-state index contributed by atoms with van der Waals surface area (Å²) in [4.78, 5) is 17.4. The van der Waals surface area contributed by atoms with E-state index in [4.69, 9.17) is 4.74 Å². The molecule has 4 aromatic rings. The lowest BCUT2D eigenvalue weighted by molar-refractivity contribution is 0.102. The molecule has 2 aromatic carbocycles. The van der Waals surface area contributed by atoms with Gasteiger partial charge in [0, 0.05) is 5.56 Å². The molecule has 164 valence electrons. The molecule has 0 spiro atoms. The Bertz CT molecular complexity index is 1240. The van der Waals surface area contributed by atoms with Crippen LogP contribution in [0.4, 0.5) is 5.95 Å². The molecule has 0 saturated carbocycles. The summed E-state index contributed by atoms with van der Waals surface area (Å²) in [5, 5.41) is 9.10. The quantitative estimate of drug-likeness (QED) is 0.410. The highest BCUT2D eigenvalue weighted by Gasteiger charge is 2.13. The third kappa shape index (κ3) is 5.06. The Morgan fingerprint density at radius 3 is 2.56 bits per heavy atom. The first-order chi connectivity index (χ1) is 15.4. The Hall–Kier alpha value is -3.45. The van der Waals surface area contributed by atoms with Crippen LogP contribution in [-0.2, 0) is 13.2 Å². The van der Waals surface area contributed by atoms with Crippen molar-refractivity contribution in [1.82, 2.24) is 14.8 Å². The minimum absolute atomic E-state index is 0.224. The summed E-state index contributed by atoms with van der Waals surface area (Å²) in [6.07, 6.45) is 1.63. The number of hydrogen-bond acceptors (Lipinski definition) is 5. The molecule has 1 N–H and O–H groups in total. The van der Waals surface area contributed by atoms with Gasteiger partial charge in [-0.15, -0.1) is 16.4 Å². The van der Waals surface area contributed by atoms with E-state index >= 15 is 0 Å². The molecule has 2 heterocycles. The van der Waals surface area contributed by atoms with Crippen LogP contribution in [0.2, 0.25) is 0 Å². The second-order valence-corrected chi connectivity index (χ2v) is 8.89. The van der Waals surface area contributed by atoms with E-state index in [0.717, 1.165) is 28.0 Å². The van der Waals surface area contributed by atoms with Gasteiger partial charge in [-0.25, -0.2) is 9.67 Å². The predicted octanol–water partition coefficient (Wildman–Crippen LogP) is 5.45. The summed E-state index contributed by atoms with van der Waals surface area (Å²) < 4.78 is 7.76. The van der Waals surface area contributed by atoms with Crippen molar-refractivity contribution in [2.75, 3.05) is 5.32 Å². The summed E-state index contributed by atoms with van der Waals surface area (Å²) in [7, 11) is 0. The lowest BCUT2D eigenvalue weighted by atomic mass is 10.1. The molecule has 4 rings (SSSR count). The zero-order valence-electron chi connectivity index (χ0n) is 18.7. The van der Waals surface area contributed by atoms with Gasteiger partial charge in [-0.3, -0.25) is 10.1 Å². The van der Waals surface area contributed by atoms with Crippen molar-refractivity contribution < 1.29 is 9.53 Å². The monoisotopic (exact) mass is 446 g/mol. The number of carbonyl (C=O) groups excluding carboxylic acids is 1. The van der Waals surface area contributed by atoms with Gasteiger partial charge in [-0.1, -0.05) is 42.0 Å². The minimum Gasteiger partial charge on any atom is -0.488 e. The molecule has 32 heavy (non-hydrogen) atoms. The number of ether oxygens (including phenoxy) is 1. The summed E-state index contributed by atoms with van der Waals surface area (Å²) in [6.45, 7) is 9.26. The minimum atomic E-state index is -0.224. The van der Waals surface area contributed by atoms with E-state index < -0.39 is 0 Å². The smallest absolute Gasteiger partial charge is 0.268 e. The van der Waals surface area contributed by atoms with Crippen LogP contribution in [0.25, 0.3) is 0 Å². The average molecular weight is 447 g/mol. The normalized spacial score (nSPS) is 10.9. The molecular weight excluding hydrogens is 420 g/mol. The number of nitrogens with zero attached hydrogens (tertiary/aromatic N) is 3. The SMILES string of the molecule is Cc1cc(C)c(OCc2csc(C(=O)Nc3ncn(Cc4ccccc4C)n3)c2)c(C)c1. The van der Waals surface area contributed by atoms with Crippen LogP contribution in [0, 0.1) is 27.7 Å². The van der Waals surface area contributed by atoms with E-state index in [2.05, 4.69) is 53.5 Å². The third-order valence-corrected chi connectivity index (χ3v) is 6.20. The summed E-state index contributed by atoms with van der Waals surface area (Å²) >= 11 is 1.38.